The summed E-state index contributed by atoms with van der Waals surface area (Å²) in [6.07, 6.45) is 3.64. The van der Waals surface area contributed by atoms with Crippen molar-refractivity contribution in [2.24, 2.45) is 10.8 Å². The minimum Gasteiger partial charge on any atom is -0.296 e. The molecular formula is C14H23F2N. The third-order valence-electron chi connectivity index (χ3n) is 5.45. The zero-order valence-electron chi connectivity index (χ0n) is 11.2. The summed E-state index contributed by atoms with van der Waals surface area (Å²) in [5.41, 5.74) is 0.0991. The van der Waals surface area contributed by atoms with Gasteiger partial charge in [0, 0.05) is 31.5 Å². The molecule has 1 aliphatic carbocycles. The van der Waals surface area contributed by atoms with Gasteiger partial charge in [0.2, 0.25) is 0 Å². The molecule has 1 saturated carbocycles. The molecule has 17 heavy (non-hydrogen) atoms. The SMILES string of the molecule is CC(C)(C)C12CC(F)(F)CCN1CC1(CC1)C2. The molecule has 1 spiro atoms. The van der Waals surface area contributed by atoms with E-state index in [4.69, 9.17) is 0 Å². The van der Waals surface area contributed by atoms with E-state index >= 15 is 0 Å². The van der Waals surface area contributed by atoms with Gasteiger partial charge < -0.3 is 0 Å². The van der Waals surface area contributed by atoms with Crippen LogP contribution in [0.3, 0.4) is 0 Å². The predicted octanol–water partition coefficient (Wildman–Crippen LogP) is 3.69. The van der Waals surface area contributed by atoms with Gasteiger partial charge in [-0.1, -0.05) is 20.8 Å². The van der Waals surface area contributed by atoms with Crippen LogP contribution >= 0.6 is 0 Å². The van der Waals surface area contributed by atoms with E-state index in [-0.39, 0.29) is 23.8 Å². The zero-order valence-corrected chi connectivity index (χ0v) is 11.2. The molecule has 98 valence electrons. The van der Waals surface area contributed by atoms with Crippen molar-refractivity contribution in [3.05, 3.63) is 0 Å². The summed E-state index contributed by atoms with van der Waals surface area (Å²) in [7, 11) is 0. The van der Waals surface area contributed by atoms with E-state index < -0.39 is 5.92 Å². The minimum atomic E-state index is -2.45. The Morgan fingerprint density at radius 1 is 1.00 bits per heavy atom. The van der Waals surface area contributed by atoms with Crippen LogP contribution in [0.1, 0.15) is 52.9 Å². The van der Waals surface area contributed by atoms with Crippen LogP contribution in [0.25, 0.3) is 0 Å². The first-order valence-electron chi connectivity index (χ1n) is 6.81. The maximum absolute atomic E-state index is 13.9. The van der Waals surface area contributed by atoms with Crippen LogP contribution in [0.5, 0.6) is 0 Å². The highest BCUT2D eigenvalue weighted by molar-refractivity contribution is 5.18. The van der Waals surface area contributed by atoms with Crippen LogP contribution in [0.2, 0.25) is 0 Å². The second-order valence-electron chi connectivity index (χ2n) is 7.66. The van der Waals surface area contributed by atoms with Gasteiger partial charge in [0.05, 0.1) is 0 Å². The van der Waals surface area contributed by atoms with Gasteiger partial charge >= 0.3 is 0 Å². The van der Waals surface area contributed by atoms with E-state index in [0.29, 0.717) is 12.0 Å². The molecule has 0 aromatic rings. The number of hydrogen-bond donors (Lipinski definition) is 0. The first-order valence-corrected chi connectivity index (χ1v) is 6.81. The number of alkyl halides is 2. The maximum Gasteiger partial charge on any atom is 0.251 e. The first-order chi connectivity index (χ1) is 7.68. The Balaban J connectivity index is 1.98. The lowest BCUT2D eigenvalue weighted by atomic mass is 9.65. The summed E-state index contributed by atoms with van der Waals surface area (Å²) in [5.74, 6) is -2.45. The Labute approximate surface area is 103 Å². The van der Waals surface area contributed by atoms with Crippen molar-refractivity contribution in [3.8, 4) is 0 Å². The van der Waals surface area contributed by atoms with Gasteiger partial charge in [0.1, 0.15) is 0 Å². The Morgan fingerprint density at radius 3 is 2.18 bits per heavy atom. The lowest BCUT2D eigenvalue weighted by Crippen LogP contribution is -2.60. The number of rotatable bonds is 0. The summed E-state index contributed by atoms with van der Waals surface area (Å²) in [5, 5.41) is 0. The third-order valence-corrected chi connectivity index (χ3v) is 5.45. The molecule has 1 atom stereocenters. The smallest absolute Gasteiger partial charge is 0.251 e. The largest absolute Gasteiger partial charge is 0.296 e. The fourth-order valence-electron chi connectivity index (χ4n) is 4.14. The van der Waals surface area contributed by atoms with Crippen molar-refractivity contribution in [1.29, 1.82) is 0 Å². The Bertz CT molecular complexity index is 341. The Hall–Kier alpha value is -0.180. The van der Waals surface area contributed by atoms with Gasteiger partial charge in [0.15, 0.2) is 0 Å². The highest BCUT2D eigenvalue weighted by Gasteiger charge is 2.66. The van der Waals surface area contributed by atoms with Gasteiger partial charge in [0.25, 0.3) is 5.92 Å². The Kier molecular flexibility index (Phi) is 2.12. The number of piperidine rings is 1. The molecule has 0 radical (unpaired) electrons. The lowest BCUT2D eigenvalue weighted by molar-refractivity contribution is -0.134. The Morgan fingerprint density at radius 2 is 1.65 bits per heavy atom. The van der Waals surface area contributed by atoms with E-state index in [2.05, 4.69) is 25.7 Å². The predicted molar refractivity (Wildman–Crippen MR) is 64.2 cm³/mol. The van der Waals surface area contributed by atoms with Crippen LogP contribution in [0.15, 0.2) is 0 Å². The molecule has 3 aliphatic rings. The summed E-state index contributed by atoms with van der Waals surface area (Å²) >= 11 is 0. The quantitative estimate of drug-likeness (QED) is 0.627. The molecule has 3 rings (SSSR count). The number of nitrogens with zero attached hydrogens (tertiary/aromatic N) is 1. The van der Waals surface area contributed by atoms with Crippen molar-refractivity contribution in [1.82, 2.24) is 4.90 Å². The molecule has 0 N–H and O–H groups in total. The molecule has 3 heteroatoms. The summed E-state index contributed by atoms with van der Waals surface area (Å²) in [6, 6.07) is 0. The number of fused-ring (bicyclic) bond motifs is 1. The standard InChI is InChI=1S/C14H23F2N/c1-11(2,3)13-8-12(4-5-12)10-17(13)7-6-14(15,16)9-13/h4-10H2,1-3H3. The van der Waals surface area contributed by atoms with E-state index in [9.17, 15) is 8.78 Å². The van der Waals surface area contributed by atoms with E-state index in [1.165, 1.54) is 12.8 Å². The van der Waals surface area contributed by atoms with Crippen LogP contribution in [-0.2, 0) is 0 Å². The first kappa shape index (κ1) is 11.9. The summed E-state index contributed by atoms with van der Waals surface area (Å²) in [6.45, 7) is 8.08. The van der Waals surface area contributed by atoms with Crippen molar-refractivity contribution < 1.29 is 8.78 Å². The molecule has 2 saturated heterocycles. The second-order valence-corrected chi connectivity index (χ2v) is 7.66. The molecule has 0 aromatic carbocycles. The zero-order chi connectivity index (χ0) is 12.5. The highest BCUT2D eigenvalue weighted by Crippen LogP contribution is 2.65. The molecule has 1 unspecified atom stereocenters. The van der Waals surface area contributed by atoms with E-state index in [0.717, 1.165) is 13.0 Å². The fourth-order valence-corrected chi connectivity index (χ4v) is 4.14. The normalized spacial score (nSPS) is 39.4. The molecular weight excluding hydrogens is 220 g/mol. The van der Waals surface area contributed by atoms with Gasteiger partial charge in [-0.2, -0.15) is 0 Å². The average molecular weight is 243 g/mol. The van der Waals surface area contributed by atoms with Crippen molar-refractivity contribution in [3.63, 3.8) is 0 Å². The molecule has 3 fully saturated rings. The van der Waals surface area contributed by atoms with E-state index in [1.54, 1.807) is 0 Å². The third kappa shape index (κ3) is 1.65. The average Bonchev–Trinajstić information content (AvgIpc) is 2.77. The van der Waals surface area contributed by atoms with Gasteiger partial charge in [-0.25, -0.2) is 8.78 Å². The van der Waals surface area contributed by atoms with Crippen LogP contribution in [0, 0.1) is 10.8 Å². The number of halogens is 2. The molecule has 1 nitrogen and oxygen atoms in total. The number of hydrogen-bond acceptors (Lipinski definition) is 1. The lowest BCUT2D eigenvalue weighted by Gasteiger charge is -2.53. The molecule has 2 heterocycles. The molecule has 0 aromatic heterocycles. The molecule has 0 bridgehead atoms. The maximum atomic E-state index is 13.9. The van der Waals surface area contributed by atoms with Gasteiger partial charge in [-0.05, 0) is 30.1 Å². The van der Waals surface area contributed by atoms with Gasteiger partial charge in [-0.3, -0.25) is 4.90 Å². The molecule has 2 aliphatic heterocycles. The fraction of sp³-hybridized carbons (Fsp3) is 1.00. The monoisotopic (exact) mass is 243 g/mol. The van der Waals surface area contributed by atoms with Crippen molar-refractivity contribution >= 4 is 0 Å². The van der Waals surface area contributed by atoms with Gasteiger partial charge in [-0.15, -0.1) is 0 Å². The van der Waals surface area contributed by atoms with E-state index in [1.807, 2.05) is 0 Å². The molecule has 0 amide bonds. The van der Waals surface area contributed by atoms with Crippen LogP contribution in [-0.4, -0.2) is 29.5 Å². The highest BCUT2D eigenvalue weighted by atomic mass is 19.3. The minimum absolute atomic E-state index is 0.0526. The van der Waals surface area contributed by atoms with Crippen molar-refractivity contribution in [2.45, 2.75) is 64.3 Å². The van der Waals surface area contributed by atoms with Crippen LogP contribution < -0.4 is 0 Å². The summed E-state index contributed by atoms with van der Waals surface area (Å²) in [4.78, 5) is 2.40. The topological polar surface area (TPSA) is 3.24 Å². The van der Waals surface area contributed by atoms with Crippen LogP contribution in [0.4, 0.5) is 8.78 Å². The second kappa shape index (κ2) is 3.04. The van der Waals surface area contributed by atoms with Crippen molar-refractivity contribution in [2.75, 3.05) is 13.1 Å². The summed E-state index contributed by atoms with van der Waals surface area (Å²) < 4.78 is 27.7.